The first-order chi connectivity index (χ1) is 8.22. The lowest BCUT2D eigenvalue weighted by Gasteiger charge is -2.17. The monoisotopic (exact) mass is 229 g/mol. The zero-order chi connectivity index (χ0) is 11.8. The molecular formula is C14H19N3. The minimum atomic E-state index is 0.810. The molecule has 2 unspecified atom stereocenters. The van der Waals surface area contributed by atoms with E-state index in [-0.39, 0.29) is 0 Å². The van der Waals surface area contributed by atoms with Crippen LogP contribution in [0, 0.1) is 25.7 Å². The molecule has 17 heavy (non-hydrogen) atoms. The zero-order valence-corrected chi connectivity index (χ0v) is 10.6. The highest BCUT2D eigenvalue weighted by Crippen LogP contribution is 2.34. The standard InChI is InChI=1S/C14H19N3/c1-10-7-11(2)16-14(15-10)17-8-12-5-3-4-6-13(12)9-17/h3-4,7,12-13H,5-6,8-9H2,1-2H3. The number of aromatic nitrogens is 2. The summed E-state index contributed by atoms with van der Waals surface area (Å²) < 4.78 is 0. The van der Waals surface area contributed by atoms with E-state index in [1.807, 2.05) is 19.9 Å². The first-order valence-electron chi connectivity index (χ1n) is 6.44. The molecule has 1 aromatic heterocycles. The van der Waals surface area contributed by atoms with Gasteiger partial charge in [-0.15, -0.1) is 0 Å². The van der Waals surface area contributed by atoms with Gasteiger partial charge in [0.05, 0.1) is 0 Å². The van der Waals surface area contributed by atoms with Crippen LogP contribution in [0.15, 0.2) is 18.2 Å². The van der Waals surface area contributed by atoms with E-state index in [0.29, 0.717) is 0 Å². The van der Waals surface area contributed by atoms with Crippen molar-refractivity contribution in [3.05, 3.63) is 29.6 Å². The highest BCUT2D eigenvalue weighted by molar-refractivity contribution is 5.35. The van der Waals surface area contributed by atoms with Gasteiger partial charge in [-0.1, -0.05) is 12.2 Å². The molecule has 1 aliphatic heterocycles. The molecule has 0 spiro atoms. The van der Waals surface area contributed by atoms with Crippen LogP contribution in [0.25, 0.3) is 0 Å². The summed E-state index contributed by atoms with van der Waals surface area (Å²) in [4.78, 5) is 11.5. The molecule has 1 aromatic rings. The quantitative estimate of drug-likeness (QED) is 0.693. The number of anilines is 1. The number of rotatable bonds is 1. The van der Waals surface area contributed by atoms with Gasteiger partial charge in [0.2, 0.25) is 5.95 Å². The fourth-order valence-corrected chi connectivity index (χ4v) is 3.03. The van der Waals surface area contributed by atoms with E-state index < -0.39 is 0 Å². The molecule has 2 atom stereocenters. The molecule has 0 saturated carbocycles. The molecule has 3 nitrogen and oxygen atoms in total. The summed E-state index contributed by atoms with van der Waals surface area (Å²) in [6, 6.07) is 2.04. The molecule has 1 saturated heterocycles. The molecule has 0 radical (unpaired) electrons. The minimum Gasteiger partial charge on any atom is -0.340 e. The lowest BCUT2D eigenvalue weighted by molar-refractivity contribution is 0.411. The maximum absolute atomic E-state index is 4.57. The molecule has 2 aliphatic rings. The maximum atomic E-state index is 4.57. The van der Waals surface area contributed by atoms with Crippen molar-refractivity contribution in [3.63, 3.8) is 0 Å². The molecule has 0 N–H and O–H groups in total. The van der Waals surface area contributed by atoms with Gasteiger partial charge in [0.1, 0.15) is 0 Å². The Balaban J connectivity index is 1.82. The van der Waals surface area contributed by atoms with E-state index in [4.69, 9.17) is 0 Å². The van der Waals surface area contributed by atoms with Gasteiger partial charge in [0.15, 0.2) is 0 Å². The van der Waals surface area contributed by atoms with Crippen LogP contribution in [0.3, 0.4) is 0 Å². The Hall–Kier alpha value is -1.38. The summed E-state index contributed by atoms with van der Waals surface area (Å²) in [5, 5.41) is 0. The van der Waals surface area contributed by atoms with E-state index in [9.17, 15) is 0 Å². The van der Waals surface area contributed by atoms with Gasteiger partial charge >= 0.3 is 0 Å². The lowest BCUT2D eigenvalue weighted by Crippen LogP contribution is -2.22. The summed E-state index contributed by atoms with van der Waals surface area (Å²) in [6.45, 7) is 6.33. The zero-order valence-electron chi connectivity index (χ0n) is 10.6. The molecule has 90 valence electrons. The lowest BCUT2D eigenvalue weighted by atomic mass is 9.86. The van der Waals surface area contributed by atoms with Crippen molar-refractivity contribution < 1.29 is 0 Å². The average molecular weight is 229 g/mol. The van der Waals surface area contributed by atoms with E-state index in [1.165, 1.54) is 12.8 Å². The summed E-state index contributed by atoms with van der Waals surface area (Å²) in [5.41, 5.74) is 2.14. The van der Waals surface area contributed by atoms with Gasteiger partial charge in [-0.05, 0) is 44.6 Å². The fourth-order valence-electron chi connectivity index (χ4n) is 3.03. The Kier molecular flexibility index (Phi) is 2.61. The molecular weight excluding hydrogens is 210 g/mol. The molecule has 2 heterocycles. The number of hydrogen-bond acceptors (Lipinski definition) is 3. The molecule has 1 fully saturated rings. The Morgan fingerprint density at radius 3 is 2.06 bits per heavy atom. The van der Waals surface area contributed by atoms with Gasteiger partial charge in [0, 0.05) is 24.5 Å². The largest absolute Gasteiger partial charge is 0.340 e. The minimum absolute atomic E-state index is 0.810. The van der Waals surface area contributed by atoms with Crippen molar-refractivity contribution in [1.82, 2.24) is 9.97 Å². The second-order valence-electron chi connectivity index (χ2n) is 5.32. The van der Waals surface area contributed by atoms with Crippen LogP contribution in [0.5, 0.6) is 0 Å². The number of aryl methyl sites for hydroxylation is 2. The van der Waals surface area contributed by atoms with E-state index in [0.717, 1.165) is 42.3 Å². The number of hydrogen-bond donors (Lipinski definition) is 0. The molecule has 3 rings (SSSR count). The van der Waals surface area contributed by atoms with Crippen LogP contribution in [-0.4, -0.2) is 23.1 Å². The Morgan fingerprint density at radius 1 is 1.00 bits per heavy atom. The number of nitrogens with zero attached hydrogens (tertiary/aromatic N) is 3. The Bertz CT molecular complexity index is 417. The summed E-state index contributed by atoms with van der Waals surface area (Å²) >= 11 is 0. The maximum Gasteiger partial charge on any atom is 0.225 e. The van der Waals surface area contributed by atoms with Crippen LogP contribution >= 0.6 is 0 Å². The summed E-state index contributed by atoms with van der Waals surface area (Å²) in [6.07, 6.45) is 7.11. The highest BCUT2D eigenvalue weighted by atomic mass is 15.3. The first kappa shape index (κ1) is 10.8. The van der Waals surface area contributed by atoms with Gasteiger partial charge in [-0.2, -0.15) is 0 Å². The fraction of sp³-hybridized carbons (Fsp3) is 0.571. The summed E-state index contributed by atoms with van der Waals surface area (Å²) in [5.74, 6) is 2.55. The van der Waals surface area contributed by atoms with E-state index in [2.05, 4.69) is 27.0 Å². The topological polar surface area (TPSA) is 29.0 Å². The van der Waals surface area contributed by atoms with Crippen molar-refractivity contribution in [2.45, 2.75) is 26.7 Å². The smallest absolute Gasteiger partial charge is 0.225 e. The van der Waals surface area contributed by atoms with Crippen molar-refractivity contribution in [1.29, 1.82) is 0 Å². The van der Waals surface area contributed by atoms with E-state index in [1.54, 1.807) is 0 Å². The third kappa shape index (κ3) is 2.06. The van der Waals surface area contributed by atoms with Crippen molar-refractivity contribution in [3.8, 4) is 0 Å². The Morgan fingerprint density at radius 2 is 1.53 bits per heavy atom. The van der Waals surface area contributed by atoms with Crippen molar-refractivity contribution >= 4 is 5.95 Å². The number of allylic oxidation sites excluding steroid dienone is 2. The van der Waals surface area contributed by atoms with Gasteiger partial charge < -0.3 is 4.90 Å². The Labute approximate surface area is 103 Å². The second kappa shape index (κ2) is 4.13. The van der Waals surface area contributed by atoms with Crippen molar-refractivity contribution in [2.75, 3.05) is 18.0 Å². The van der Waals surface area contributed by atoms with Crippen LogP contribution in [0.4, 0.5) is 5.95 Å². The highest BCUT2D eigenvalue weighted by Gasteiger charge is 2.33. The predicted octanol–water partition coefficient (Wildman–Crippen LogP) is 2.50. The summed E-state index contributed by atoms with van der Waals surface area (Å²) in [7, 11) is 0. The van der Waals surface area contributed by atoms with Crippen LogP contribution in [-0.2, 0) is 0 Å². The van der Waals surface area contributed by atoms with Crippen molar-refractivity contribution in [2.24, 2.45) is 11.8 Å². The molecule has 0 aromatic carbocycles. The van der Waals surface area contributed by atoms with Gasteiger partial charge in [-0.3, -0.25) is 0 Å². The molecule has 1 aliphatic carbocycles. The van der Waals surface area contributed by atoms with E-state index >= 15 is 0 Å². The normalized spacial score (nSPS) is 27.3. The predicted molar refractivity (Wildman–Crippen MR) is 69.1 cm³/mol. The van der Waals surface area contributed by atoms with Crippen LogP contribution < -0.4 is 4.90 Å². The van der Waals surface area contributed by atoms with Crippen LogP contribution in [0.2, 0.25) is 0 Å². The molecule has 0 amide bonds. The van der Waals surface area contributed by atoms with Gasteiger partial charge in [-0.25, -0.2) is 9.97 Å². The average Bonchev–Trinajstić information content (AvgIpc) is 2.71. The third-order valence-electron chi connectivity index (χ3n) is 3.87. The SMILES string of the molecule is Cc1cc(C)nc(N2CC3CC=CCC3C2)n1. The second-order valence-corrected chi connectivity index (χ2v) is 5.32. The number of fused-ring (bicyclic) bond motifs is 1. The third-order valence-corrected chi connectivity index (χ3v) is 3.87. The first-order valence-corrected chi connectivity index (χ1v) is 6.44. The van der Waals surface area contributed by atoms with Gasteiger partial charge in [0.25, 0.3) is 0 Å². The molecule has 3 heteroatoms. The van der Waals surface area contributed by atoms with Crippen LogP contribution in [0.1, 0.15) is 24.2 Å². The molecule has 0 bridgehead atoms.